The van der Waals surface area contributed by atoms with E-state index in [0.717, 1.165) is 36.5 Å². The van der Waals surface area contributed by atoms with Crippen molar-refractivity contribution in [1.82, 2.24) is 15.6 Å². The molecule has 0 bridgehead atoms. The summed E-state index contributed by atoms with van der Waals surface area (Å²) in [4.78, 5) is 16.9. The Hall–Kier alpha value is -0.940. The van der Waals surface area contributed by atoms with E-state index in [2.05, 4.69) is 22.5 Å². The second kappa shape index (κ2) is 4.51. The molecule has 1 aromatic rings. The van der Waals surface area contributed by atoms with E-state index in [4.69, 9.17) is 0 Å². The lowest BCUT2D eigenvalue weighted by Gasteiger charge is -2.34. The van der Waals surface area contributed by atoms with Gasteiger partial charge >= 0.3 is 0 Å². The van der Waals surface area contributed by atoms with Gasteiger partial charge in [-0.3, -0.25) is 4.79 Å². The maximum atomic E-state index is 12.0. The van der Waals surface area contributed by atoms with Gasteiger partial charge in [-0.1, -0.05) is 0 Å². The summed E-state index contributed by atoms with van der Waals surface area (Å²) in [6.07, 6.45) is 1.97. The highest BCUT2D eigenvalue weighted by molar-refractivity contribution is 7.11. The Kier molecular flexibility index (Phi) is 3.25. The van der Waals surface area contributed by atoms with Crippen molar-refractivity contribution in [3.63, 3.8) is 0 Å². The van der Waals surface area contributed by atoms with E-state index < -0.39 is 0 Å². The Balaban J connectivity index is 2.04. The zero-order chi connectivity index (χ0) is 11.6. The van der Waals surface area contributed by atoms with Crippen LogP contribution in [0.25, 0.3) is 0 Å². The summed E-state index contributed by atoms with van der Waals surface area (Å²) in [7, 11) is 0. The molecule has 0 aromatic carbocycles. The van der Waals surface area contributed by atoms with E-state index >= 15 is 0 Å². The molecule has 1 aliphatic heterocycles. The fourth-order valence-electron chi connectivity index (χ4n) is 1.95. The van der Waals surface area contributed by atoms with E-state index in [0.29, 0.717) is 0 Å². The van der Waals surface area contributed by atoms with Crippen molar-refractivity contribution >= 4 is 17.2 Å². The van der Waals surface area contributed by atoms with Crippen LogP contribution in [-0.2, 0) is 0 Å². The normalized spacial score (nSPS) is 19.4. The Morgan fingerprint density at radius 3 is 2.81 bits per heavy atom. The third kappa shape index (κ3) is 2.41. The van der Waals surface area contributed by atoms with E-state index in [1.54, 1.807) is 5.51 Å². The average molecular weight is 239 g/mol. The van der Waals surface area contributed by atoms with Gasteiger partial charge in [0, 0.05) is 5.54 Å². The SMILES string of the molecule is Cc1ncsc1C(=O)NC1(C)CCNCC1. The Bertz CT molecular complexity index is 382. The number of thiazole rings is 1. The number of hydrogen-bond acceptors (Lipinski definition) is 4. The molecule has 1 amide bonds. The quantitative estimate of drug-likeness (QED) is 0.818. The molecule has 88 valence electrons. The summed E-state index contributed by atoms with van der Waals surface area (Å²) in [6.45, 7) is 5.93. The number of amides is 1. The summed E-state index contributed by atoms with van der Waals surface area (Å²) < 4.78 is 0. The maximum Gasteiger partial charge on any atom is 0.263 e. The summed E-state index contributed by atoms with van der Waals surface area (Å²) in [5, 5.41) is 6.43. The number of nitrogens with one attached hydrogen (secondary N) is 2. The van der Waals surface area contributed by atoms with Gasteiger partial charge < -0.3 is 10.6 Å². The summed E-state index contributed by atoms with van der Waals surface area (Å²) in [6, 6.07) is 0. The molecule has 0 atom stereocenters. The zero-order valence-corrected chi connectivity index (χ0v) is 10.5. The van der Waals surface area contributed by atoms with E-state index in [9.17, 15) is 4.79 Å². The molecule has 0 spiro atoms. The minimum atomic E-state index is -0.0707. The first-order valence-corrected chi connectivity index (χ1v) is 6.42. The van der Waals surface area contributed by atoms with Crippen LogP contribution >= 0.6 is 11.3 Å². The lowest BCUT2D eigenvalue weighted by atomic mass is 9.90. The van der Waals surface area contributed by atoms with Crippen LogP contribution in [0.5, 0.6) is 0 Å². The van der Waals surface area contributed by atoms with Crippen molar-refractivity contribution in [2.45, 2.75) is 32.2 Å². The second-order valence-electron chi connectivity index (χ2n) is 4.53. The minimum Gasteiger partial charge on any atom is -0.346 e. The van der Waals surface area contributed by atoms with Crippen molar-refractivity contribution in [3.8, 4) is 0 Å². The molecule has 0 aliphatic carbocycles. The fraction of sp³-hybridized carbons (Fsp3) is 0.636. The van der Waals surface area contributed by atoms with Crippen LogP contribution in [0.4, 0.5) is 0 Å². The zero-order valence-electron chi connectivity index (χ0n) is 9.67. The first-order chi connectivity index (χ1) is 7.61. The topological polar surface area (TPSA) is 54.0 Å². The van der Waals surface area contributed by atoms with Gasteiger partial charge in [-0.2, -0.15) is 0 Å². The highest BCUT2D eigenvalue weighted by Crippen LogP contribution is 2.19. The molecule has 1 aliphatic rings. The van der Waals surface area contributed by atoms with Crippen molar-refractivity contribution < 1.29 is 4.79 Å². The van der Waals surface area contributed by atoms with Crippen LogP contribution in [0.1, 0.15) is 35.1 Å². The average Bonchev–Trinajstić information content (AvgIpc) is 2.65. The van der Waals surface area contributed by atoms with Gasteiger partial charge in [-0.05, 0) is 39.8 Å². The third-order valence-electron chi connectivity index (χ3n) is 3.07. The summed E-state index contributed by atoms with van der Waals surface area (Å²) in [5.74, 6) is 0.0180. The number of rotatable bonds is 2. The molecule has 16 heavy (non-hydrogen) atoms. The predicted octanol–water partition coefficient (Wildman–Crippen LogP) is 1.32. The monoisotopic (exact) mass is 239 g/mol. The Labute approximate surface area is 99.5 Å². The second-order valence-corrected chi connectivity index (χ2v) is 5.39. The minimum absolute atomic E-state index is 0.0180. The molecular weight excluding hydrogens is 222 g/mol. The van der Waals surface area contributed by atoms with Gasteiger partial charge in [0.1, 0.15) is 4.88 Å². The van der Waals surface area contributed by atoms with E-state index in [-0.39, 0.29) is 11.4 Å². The smallest absolute Gasteiger partial charge is 0.263 e. The molecule has 5 heteroatoms. The van der Waals surface area contributed by atoms with Crippen LogP contribution in [0.15, 0.2) is 5.51 Å². The van der Waals surface area contributed by atoms with Crippen LogP contribution in [-0.4, -0.2) is 29.5 Å². The molecule has 1 fully saturated rings. The van der Waals surface area contributed by atoms with Gasteiger partial charge in [-0.25, -0.2) is 4.98 Å². The molecule has 1 aromatic heterocycles. The molecule has 4 nitrogen and oxygen atoms in total. The standard InChI is InChI=1S/C11H17N3OS/c1-8-9(16-7-13-8)10(15)14-11(2)3-5-12-6-4-11/h7,12H,3-6H2,1-2H3,(H,14,15). The molecule has 1 saturated heterocycles. The van der Waals surface area contributed by atoms with Crippen LogP contribution in [0.3, 0.4) is 0 Å². The van der Waals surface area contributed by atoms with Gasteiger partial charge in [0.2, 0.25) is 0 Å². The molecule has 2 rings (SSSR count). The number of carbonyl (C=O) groups is 1. The number of hydrogen-bond donors (Lipinski definition) is 2. The van der Waals surface area contributed by atoms with Crippen molar-refractivity contribution in [2.24, 2.45) is 0 Å². The highest BCUT2D eigenvalue weighted by atomic mass is 32.1. The van der Waals surface area contributed by atoms with Gasteiger partial charge in [0.05, 0.1) is 11.2 Å². The van der Waals surface area contributed by atoms with Gasteiger partial charge in [-0.15, -0.1) is 11.3 Å². The van der Waals surface area contributed by atoms with Crippen LogP contribution < -0.4 is 10.6 Å². The Morgan fingerprint density at radius 2 is 2.25 bits per heavy atom. The van der Waals surface area contributed by atoms with Crippen LogP contribution in [0, 0.1) is 6.92 Å². The Morgan fingerprint density at radius 1 is 1.56 bits per heavy atom. The fourth-order valence-corrected chi connectivity index (χ4v) is 2.65. The van der Waals surface area contributed by atoms with Crippen molar-refractivity contribution in [3.05, 3.63) is 16.1 Å². The van der Waals surface area contributed by atoms with E-state index in [1.807, 2.05) is 6.92 Å². The number of carbonyl (C=O) groups excluding carboxylic acids is 1. The highest BCUT2D eigenvalue weighted by Gasteiger charge is 2.29. The maximum absolute atomic E-state index is 12.0. The molecule has 0 unspecified atom stereocenters. The molecule has 0 radical (unpaired) electrons. The predicted molar refractivity (Wildman–Crippen MR) is 64.8 cm³/mol. The van der Waals surface area contributed by atoms with Crippen molar-refractivity contribution in [1.29, 1.82) is 0 Å². The molecular formula is C11H17N3OS. The van der Waals surface area contributed by atoms with Crippen molar-refractivity contribution in [2.75, 3.05) is 13.1 Å². The van der Waals surface area contributed by atoms with Gasteiger partial charge in [0.15, 0.2) is 0 Å². The number of aromatic nitrogens is 1. The first-order valence-electron chi connectivity index (χ1n) is 5.54. The third-order valence-corrected chi connectivity index (χ3v) is 4.00. The number of piperidine rings is 1. The van der Waals surface area contributed by atoms with E-state index in [1.165, 1.54) is 11.3 Å². The van der Waals surface area contributed by atoms with Gasteiger partial charge in [0.25, 0.3) is 5.91 Å². The lowest BCUT2D eigenvalue weighted by molar-refractivity contribution is 0.0891. The summed E-state index contributed by atoms with van der Waals surface area (Å²) in [5.41, 5.74) is 2.47. The largest absolute Gasteiger partial charge is 0.346 e. The number of aryl methyl sites for hydroxylation is 1. The summed E-state index contributed by atoms with van der Waals surface area (Å²) >= 11 is 1.41. The molecule has 0 saturated carbocycles. The molecule has 2 N–H and O–H groups in total. The lowest BCUT2D eigenvalue weighted by Crippen LogP contribution is -2.52. The molecule has 2 heterocycles. The first kappa shape index (κ1) is 11.5. The number of nitrogens with zero attached hydrogens (tertiary/aromatic N) is 1. The van der Waals surface area contributed by atoms with Crippen LogP contribution in [0.2, 0.25) is 0 Å².